The summed E-state index contributed by atoms with van der Waals surface area (Å²) in [5, 5.41) is 8.72. The molecule has 0 saturated heterocycles. The Balaban J connectivity index is 1.40. The molecule has 0 fully saturated rings. The fourth-order valence-electron chi connectivity index (χ4n) is 2.59. The van der Waals surface area contributed by atoms with E-state index in [2.05, 4.69) is 20.4 Å². The van der Waals surface area contributed by atoms with Gasteiger partial charge >= 0.3 is 0 Å². The molecule has 4 aromatic rings. The Morgan fingerprint density at radius 1 is 1.26 bits per heavy atom. The van der Waals surface area contributed by atoms with Gasteiger partial charge in [-0.3, -0.25) is 4.79 Å². The first-order chi connectivity index (χ1) is 13.1. The predicted octanol–water partition coefficient (Wildman–Crippen LogP) is 3.92. The third-order valence-electron chi connectivity index (χ3n) is 3.98. The summed E-state index contributed by atoms with van der Waals surface area (Å²) in [6, 6.07) is 9.19. The molecular formula is C19H18N4O3S. The van der Waals surface area contributed by atoms with Crippen molar-refractivity contribution in [2.45, 2.75) is 32.7 Å². The fourth-order valence-corrected chi connectivity index (χ4v) is 3.29. The highest BCUT2D eigenvalue weighted by Crippen LogP contribution is 2.22. The highest BCUT2D eigenvalue weighted by molar-refractivity contribution is 7.09. The van der Waals surface area contributed by atoms with Gasteiger partial charge in [0.2, 0.25) is 5.89 Å². The van der Waals surface area contributed by atoms with Crippen molar-refractivity contribution in [1.82, 2.24) is 20.4 Å². The molecular weight excluding hydrogens is 364 g/mol. The van der Waals surface area contributed by atoms with E-state index >= 15 is 0 Å². The van der Waals surface area contributed by atoms with E-state index < -0.39 is 0 Å². The van der Waals surface area contributed by atoms with Crippen molar-refractivity contribution >= 4 is 28.3 Å². The monoisotopic (exact) mass is 382 g/mol. The second-order valence-electron chi connectivity index (χ2n) is 6.43. The van der Waals surface area contributed by atoms with Crippen LogP contribution in [-0.2, 0) is 13.0 Å². The van der Waals surface area contributed by atoms with Gasteiger partial charge in [-0.1, -0.05) is 25.1 Å². The summed E-state index contributed by atoms with van der Waals surface area (Å²) in [4.78, 5) is 22.3. The molecule has 0 atom stereocenters. The summed E-state index contributed by atoms with van der Waals surface area (Å²) < 4.78 is 10.9. The van der Waals surface area contributed by atoms with Crippen molar-refractivity contribution in [3.05, 3.63) is 63.8 Å². The average molecular weight is 382 g/mol. The van der Waals surface area contributed by atoms with Gasteiger partial charge < -0.3 is 14.3 Å². The van der Waals surface area contributed by atoms with E-state index in [0.717, 1.165) is 4.88 Å². The van der Waals surface area contributed by atoms with Gasteiger partial charge in [-0.2, -0.15) is 4.98 Å². The Labute approximate surface area is 159 Å². The van der Waals surface area contributed by atoms with Gasteiger partial charge in [0.05, 0.1) is 13.0 Å². The molecule has 0 aliphatic carbocycles. The first kappa shape index (κ1) is 17.4. The highest BCUT2D eigenvalue weighted by atomic mass is 32.1. The highest BCUT2D eigenvalue weighted by Gasteiger charge is 2.14. The van der Waals surface area contributed by atoms with E-state index in [1.807, 2.05) is 31.4 Å². The summed E-state index contributed by atoms with van der Waals surface area (Å²) >= 11 is 1.64. The molecule has 8 heteroatoms. The first-order valence-electron chi connectivity index (χ1n) is 8.61. The van der Waals surface area contributed by atoms with Gasteiger partial charge in [0.15, 0.2) is 17.3 Å². The zero-order valence-corrected chi connectivity index (χ0v) is 15.7. The van der Waals surface area contributed by atoms with Gasteiger partial charge in [0.1, 0.15) is 5.52 Å². The van der Waals surface area contributed by atoms with E-state index in [1.54, 1.807) is 29.5 Å². The first-order valence-corrected chi connectivity index (χ1v) is 9.49. The summed E-state index contributed by atoms with van der Waals surface area (Å²) in [6.45, 7) is 4.22. The third kappa shape index (κ3) is 3.90. The minimum atomic E-state index is -0.226. The Hall–Kier alpha value is -3.00. The number of oxazole rings is 1. The third-order valence-corrected chi connectivity index (χ3v) is 4.86. The van der Waals surface area contributed by atoms with E-state index in [4.69, 9.17) is 8.94 Å². The number of thiophene rings is 1. The summed E-state index contributed by atoms with van der Waals surface area (Å²) in [5.41, 5.74) is 1.85. The zero-order chi connectivity index (χ0) is 18.8. The number of hydrogen-bond acceptors (Lipinski definition) is 7. The lowest BCUT2D eigenvalue weighted by atomic mass is 10.2. The lowest BCUT2D eigenvalue weighted by molar-refractivity contribution is 0.0949. The van der Waals surface area contributed by atoms with Crippen molar-refractivity contribution in [3.63, 3.8) is 0 Å². The van der Waals surface area contributed by atoms with Crippen LogP contribution < -0.4 is 5.32 Å². The number of nitrogens with one attached hydrogen (secondary N) is 1. The molecule has 0 aliphatic heterocycles. The van der Waals surface area contributed by atoms with Crippen LogP contribution in [0.4, 0.5) is 0 Å². The number of benzene rings is 1. The second kappa shape index (κ2) is 7.32. The molecule has 138 valence electrons. The minimum absolute atomic E-state index is 0.191. The maximum atomic E-state index is 12.4. The molecule has 1 aromatic carbocycles. The standard InChI is InChI=1S/C19H18N4O3S/c1-11(2)19-21-14-8-12(5-6-15(14)25-19)18(24)20-10-16-22-17(26-23-16)9-13-4-3-7-27-13/h3-8,11H,9-10H2,1-2H3,(H,20,24). The molecule has 0 spiro atoms. The summed E-state index contributed by atoms with van der Waals surface area (Å²) in [7, 11) is 0. The van der Waals surface area contributed by atoms with E-state index in [0.29, 0.717) is 40.7 Å². The van der Waals surface area contributed by atoms with Gasteiger partial charge in [0.25, 0.3) is 5.91 Å². The van der Waals surface area contributed by atoms with Crippen LogP contribution in [-0.4, -0.2) is 21.0 Å². The fraction of sp³-hybridized carbons (Fsp3) is 0.263. The lowest BCUT2D eigenvalue weighted by Gasteiger charge is -2.01. The number of fused-ring (bicyclic) bond motifs is 1. The van der Waals surface area contributed by atoms with Crippen LogP contribution in [0.2, 0.25) is 0 Å². The number of carbonyl (C=O) groups excluding carboxylic acids is 1. The molecule has 1 N–H and O–H groups in total. The summed E-state index contributed by atoms with van der Waals surface area (Å²) in [6.07, 6.45) is 0.597. The number of nitrogens with zero attached hydrogens (tertiary/aromatic N) is 3. The molecule has 27 heavy (non-hydrogen) atoms. The number of hydrogen-bond donors (Lipinski definition) is 1. The Kier molecular flexibility index (Phi) is 4.72. The number of rotatable bonds is 6. The van der Waals surface area contributed by atoms with Gasteiger partial charge in [-0.05, 0) is 29.6 Å². The van der Waals surface area contributed by atoms with Crippen LogP contribution in [0.25, 0.3) is 11.1 Å². The maximum absolute atomic E-state index is 12.4. The quantitative estimate of drug-likeness (QED) is 0.543. The van der Waals surface area contributed by atoms with Crippen LogP contribution in [0, 0.1) is 0 Å². The van der Waals surface area contributed by atoms with Crippen molar-refractivity contribution in [2.24, 2.45) is 0 Å². The smallest absolute Gasteiger partial charge is 0.251 e. The lowest BCUT2D eigenvalue weighted by Crippen LogP contribution is -2.23. The Morgan fingerprint density at radius 2 is 2.15 bits per heavy atom. The van der Waals surface area contributed by atoms with E-state index in [1.165, 1.54) is 0 Å². The molecule has 3 aromatic heterocycles. The van der Waals surface area contributed by atoms with Crippen molar-refractivity contribution < 1.29 is 13.7 Å². The maximum Gasteiger partial charge on any atom is 0.251 e. The molecule has 0 bridgehead atoms. The van der Waals surface area contributed by atoms with E-state index in [-0.39, 0.29) is 18.4 Å². The average Bonchev–Trinajstić information content (AvgIpc) is 3.40. The normalized spacial score (nSPS) is 11.4. The SMILES string of the molecule is CC(C)c1nc2cc(C(=O)NCc3noc(Cc4cccs4)n3)ccc2o1. The molecule has 1 amide bonds. The second-order valence-corrected chi connectivity index (χ2v) is 7.46. The van der Waals surface area contributed by atoms with E-state index in [9.17, 15) is 4.79 Å². The molecule has 0 saturated carbocycles. The van der Waals surface area contributed by atoms with Crippen LogP contribution in [0.1, 0.15) is 52.6 Å². The van der Waals surface area contributed by atoms with Gasteiger partial charge in [0, 0.05) is 16.4 Å². The summed E-state index contributed by atoms with van der Waals surface area (Å²) in [5.74, 6) is 1.60. The van der Waals surface area contributed by atoms with Crippen molar-refractivity contribution in [2.75, 3.05) is 0 Å². The van der Waals surface area contributed by atoms with Crippen LogP contribution >= 0.6 is 11.3 Å². The Morgan fingerprint density at radius 3 is 2.93 bits per heavy atom. The van der Waals surface area contributed by atoms with Crippen LogP contribution in [0.15, 0.2) is 44.7 Å². The zero-order valence-electron chi connectivity index (χ0n) is 14.9. The molecule has 0 radical (unpaired) electrons. The van der Waals surface area contributed by atoms with Crippen molar-refractivity contribution in [1.29, 1.82) is 0 Å². The topological polar surface area (TPSA) is 94.1 Å². The van der Waals surface area contributed by atoms with Gasteiger partial charge in [-0.15, -0.1) is 11.3 Å². The molecule has 0 unspecified atom stereocenters. The molecule has 3 heterocycles. The Bertz CT molecular complexity index is 1070. The van der Waals surface area contributed by atoms with Crippen LogP contribution in [0.3, 0.4) is 0 Å². The number of carbonyl (C=O) groups is 1. The minimum Gasteiger partial charge on any atom is -0.440 e. The number of amides is 1. The molecule has 4 rings (SSSR count). The van der Waals surface area contributed by atoms with Crippen LogP contribution in [0.5, 0.6) is 0 Å². The molecule has 7 nitrogen and oxygen atoms in total. The van der Waals surface area contributed by atoms with Gasteiger partial charge in [-0.25, -0.2) is 4.98 Å². The van der Waals surface area contributed by atoms with Crippen molar-refractivity contribution in [3.8, 4) is 0 Å². The number of aromatic nitrogens is 3. The largest absolute Gasteiger partial charge is 0.440 e. The molecule has 0 aliphatic rings. The predicted molar refractivity (Wildman–Crippen MR) is 101 cm³/mol.